The van der Waals surface area contributed by atoms with Crippen LogP contribution in [0.1, 0.15) is 22.8 Å². The molecule has 2 N–H and O–H groups in total. The molecule has 0 radical (unpaired) electrons. The molecule has 0 spiro atoms. The molecular weight excluding hydrogens is 295 g/mol. The first-order valence-electron chi connectivity index (χ1n) is 7.21. The summed E-state index contributed by atoms with van der Waals surface area (Å²) in [5.41, 5.74) is 1.58. The summed E-state index contributed by atoms with van der Waals surface area (Å²) in [5.74, 6) is -0.914. The highest BCUT2D eigenvalue weighted by Gasteiger charge is 2.05. The van der Waals surface area contributed by atoms with Gasteiger partial charge in [0.25, 0.3) is 5.91 Å². The summed E-state index contributed by atoms with van der Waals surface area (Å²) in [5, 5.41) is 5.36. The molecule has 0 saturated heterocycles. The molecule has 0 unspecified atom stereocenters. The molecule has 0 saturated carbocycles. The molecule has 0 bridgehead atoms. The van der Waals surface area contributed by atoms with Crippen LogP contribution in [0.5, 0.6) is 0 Å². The van der Waals surface area contributed by atoms with E-state index in [1.807, 2.05) is 6.92 Å². The molecule has 0 atom stereocenters. The third-order valence-electron chi connectivity index (χ3n) is 3.01. The van der Waals surface area contributed by atoms with E-state index in [4.69, 9.17) is 0 Å². The van der Waals surface area contributed by atoms with Gasteiger partial charge < -0.3 is 10.6 Å². The minimum absolute atomic E-state index is 0.195. The Morgan fingerprint density at radius 3 is 2.65 bits per heavy atom. The highest BCUT2D eigenvalue weighted by Crippen LogP contribution is 2.11. The van der Waals surface area contributed by atoms with E-state index in [9.17, 15) is 14.0 Å². The number of halogens is 1. The number of hydrogen-bond acceptors (Lipinski definition) is 2. The Bertz CT molecular complexity index is 741. The van der Waals surface area contributed by atoms with Gasteiger partial charge in [-0.1, -0.05) is 18.2 Å². The fourth-order valence-electron chi connectivity index (χ4n) is 1.97. The standard InChI is InChI=1S/C18H17FN2O2/c1-2-20-18(23)14-6-4-8-16(12-14)21-17(22)10-9-13-5-3-7-15(19)11-13/h3-12H,2H2,1H3,(H,20,23)(H,21,22). The van der Waals surface area contributed by atoms with Crippen LogP contribution in [0, 0.1) is 5.82 Å². The normalized spacial score (nSPS) is 10.5. The topological polar surface area (TPSA) is 58.2 Å². The number of nitrogens with one attached hydrogen (secondary N) is 2. The first-order chi connectivity index (χ1) is 11.1. The highest BCUT2D eigenvalue weighted by molar-refractivity contribution is 6.03. The molecular formula is C18H17FN2O2. The van der Waals surface area contributed by atoms with Crippen molar-refractivity contribution in [3.63, 3.8) is 0 Å². The zero-order chi connectivity index (χ0) is 16.7. The molecule has 5 heteroatoms. The molecule has 2 rings (SSSR count). The zero-order valence-electron chi connectivity index (χ0n) is 12.7. The van der Waals surface area contributed by atoms with Crippen LogP contribution in [0.15, 0.2) is 54.6 Å². The van der Waals surface area contributed by atoms with Crippen LogP contribution in [-0.2, 0) is 4.79 Å². The summed E-state index contributed by atoms with van der Waals surface area (Å²) in [6, 6.07) is 12.6. The van der Waals surface area contributed by atoms with Crippen molar-refractivity contribution in [3.05, 3.63) is 71.6 Å². The number of carbonyl (C=O) groups is 2. The molecule has 0 aliphatic heterocycles. The fourth-order valence-corrected chi connectivity index (χ4v) is 1.97. The van der Waals surface area contributed by atoms with Gasteiger partial charge in [0.05, 0.1) is 0 Å². The predicted octanol–water partition coefficient (Wildman–Crippen LogP) is 3.23. The average molecular weight is 312 g/mol. The number of amides is 2. The van der Waals surface area contributed by atoms with Crippen LogP contribution in [-0.4, -0.2) is 18.4 Å². The molecule has 118 valence electrons. The smallest absolute Gasteiger partial charge is 0.251 e. The Hall–Kier alpha value is -2.95. The molecule has 0 heterocycles. The quantitative estimate of drug-likeness (QED) is 0.833. The van der Waals surface area contributed by atoms with Crippen LogP contribution >= 0.6 is 0 Å². The van der Waals surface area contributed by atoms with E-state index >= 15 is 0 Å². The predicted molar refractivity (Wildman–Crippen MR) is 88.5 cm³/mol. The lowest BCUT2D eigenvalue weighted by molar-refractivity contribution is -0.111. The lowest BCUT2D eigenvalue weighted by Crippen LogP contribution is -2.22. The second kappa shape index (κ2) is 7.89. The Kier molecular flexibility index (Phi) is 5.63. The van der Waals surface area contributed by atoms with Gasteiger partial charge in [0.2, 0.25) is 5.91 Å². The summed E-state index contributed by atoms with van der Waals surface area (Å²) in [6.45, 7) is 2.37. The van der Waals surface area contributed by atoms with Crippen molar-refractivity contribution >= 4 is 23.6 Å². The Labute approximate surface area is 134 Å². The Morgan fingerprint density at radius 2 is 1.91 bits per heavy atom. The number of anilines is 1. The van der Waals surface area contributed by atoms with Gasteiger partial charge in [-0.25, -0.2) is 4.39 Å². The highest BCUT2D eigenvalue weighted by atomic mass is 19.1. The van der Waals surface area contributed by atoms with Crippen LogP contribution < -0.4 is 10.6 Å². The molecule has 2 aromatic rings. The molecule has 0 aromatic heterocycles. The maximum atomic E-state index is 13.0. The summed E-state index contributed by atoms with van der Waals surface area (Å²) in [4.78, 5) is 23.6. The van der Waals surface area contributed by atoms with Crippen molar-refractivity contribution in [2.45, 2.75) is 6.92 Å². The average Bonchev–Trinajstić information content (AvgIpc) is 2.53. The van der Waals surface area contributed by atoms with Crippen LogP contribution in [0.25, 0.3) is 6.08 Å². The first kappa shape index (κ1) is 16.4. The summed E-state index contributed by atoms with van der Waals surface area (Å²) < 4.78 is 13.0. The minimum atomic E-state index is -0.359. The van der Waals surface area contributed by atoms with Gasteiger partial charge in [-0.15, -0.1) is 0 Å². The van der Waals surface area contributed by atoms with E-state index in [0.29, 0.717) is 23.4 Å². The van der Waals surface area contributed by atoms with Gasteiger partial charge in [-0.3, -0.25) is 9.59 Å². The van der Waals surface area contributed by atoms with Gasteiger partial charge in [-0.05, 0) is 48.9 Å². The van der Waals surface area contributed by atoms with Crippen LogP contribution in [0.4, 0.5) is 10.1 Å². The Balaban J connectivity index is 2.03. The monoisotopic (exact) mass is 312 g/mol. The molecule has 4 nitrogen and oxygen atoms in total. The fraction of sp³-hybridized carbons (Fsp3) is 0.111. The van der Waals surface area contributed by atoms with Crippen molar-refractivity contribution in [3.8, 4) is 0 Å². The van der Waals surface area contributed by atoms with Gasteiger partial charge in [0.15, 0.2) is 0 Å². The lowest BCUT2D eigenvalue weighted by Gasteiger charge is -2.06. The van der Waals surface area contributed by atoms with Crippen molar-refractivity contribution < 1.29 is 14.0 Å². The van der Waals surface area contributed by atoms with Crippen molar-refractivity contribution in [1.82, 2.24) is 5.32 Å². The van der Waals surface area contributed by atoms with Crippen LogP contribution in [0.3, 0.4) is 0 Å². The SMILES string of the molecule is CCNC(=O)c1cccc(NC(=O)C=Cc2cccc(F)c2)c1. The van der Waals surface area contributed by atoms with Gasteiger partial charge in [-0.2, -0.15) is 0 Å². The number of carbonyl (C=O) groups excluding carboxylic acids is 2. The molecule has 0 fully saturated rings. The summed E-state index contributed by atoms with van der Waals surface area (Å²) in [6.07, 6.45) is 2.83. The molecule has 0 aliphatic carbocycles. The van der Waals surface area contributed by atoms with Crippen LogP contribution in [0.2, 0.25) is 0 Å². The summed E-state index contributed by atoms with van der Waals surface area (Å²) in [7, 11) is 0. The molecule has 2 amide bonds. The van der Waals surface area contributed by atoms with E-state index in [1.54, 1.807) is 36.4 Å². The van der Waals surface area contributed by atoms with Gasteiger partial charge in [0, 0.05) is 23.9 Å². The van der Waals surface area contributed by atoms with Crippen molar-refractivity contribution in [2.24, 2.45) is 0 Å². The second-order valence-electron chi connectivity index (χ2n) is 4.82. The maximum Gasteiger partial charge on any atom is 0.251 e. The zero-order valence-corrected chi connectivity index (χ0v) is 12.7. The Morgan fingerprint density at radius 1 is 1.13 bits per heavy atom. The lowest BCUT2D eigenvalue weighted by atomic mass is 10.2. The van der Waals surface area contributed by atoms with Crippen molar-refractivity contribution in [1.29, 1.82) is 0 Å². The van der Waals surface area contributed by atoms with E-state index in [-0.39, 0.29) is 17.6 Å². The number of benzene rings is 2. The largest absolute Gasteiger partial charge is 0.352 e. The maximum absolute atomic E-state index is 13.0. The molecule has 0 aliphatic rings. The number of hydrogen-bond donors (Lipinski definition) is 2. The van der Waals surface area contributed by atoms with E-state index in [2.05, 4.69) is 10.6 Å². The first-order valence-corrected chi connectivity index (χ1v) is 7.21. The third-order valence-corrected chi connectivity index (χ3v) is 3.01. The van der Waals surface area contributed by atoms with E-state index in [0.717, 1.165) is 0 Å². The second-order valence-corrected chi connectivity index (χ2v) is 4.82. The van der Waals surface area contributed by atoms with Crippen molar-refractivity contribution in [2.75, 3.05) is 11.9 Å². The van der Waals surface area contributed by atoms with Gasteiger partial charge in [0.1, 0.15) is 5.82 Å². The van der Waals surface area contributed by atoms with E-state index in [1.165, 1.54) is 24.3 Å². The molecule has 23 heavy (non-hydrogen) atoms. The third kappa shape index (κ3) is 5.07. The van der Waals surface area contributed by atoms with Gasteiger partial charge >= 0.3 is 0 Å². The van der Waals surface area contributed by atoms with E-state index < -0.39 is 0 Å². The minimum Gasteiger partial charge on any atom is -0.352 e. The molecule has 2 aromatic carbocycles. The number of rotatable bonds is 5. The summed E-state index contributed by atoms with van der Waals surface area (Å²) >= 11 is 0.